The molecule has 0 saturated carbocycles. The van der Waals surface area contributed by atoms with Crippen LogP contribution in [0.5, 0.6) is 0 Å². The molecule has 1 fully saturated rings. The lowest BCUT2D eigenvalue weighted by molar-refractivity contribution is 0.0374. The van der Waals surface area contributed by atoms with Gasteiger partial charge in [-0.05, 0) is 32.0 Å². The highest BCUT2D eigenvalue weighted by Gasteiger charge is 2.17. The van der Waals surface area contributed by atoms with Gasteiger partial charge in [0.15, 0.2) is 0 Å². The molecule has 1 amide bonds. The van der Waals surface area contributed by atoms with Crippen LogP contribution in [0.2, 0.25) is 0 Å². The minimum Gasteiger partial charge on any atom is -0.379 e. The van der Waals surface area contributed by atoms with E-state index in [4.69, 9.17) is 4.74 Å². The Bertz CT molecular complexity index is 1050. The average molecular weight is 400 g/mol. The van der Waals surface area contributed by atoms with Crippen LogP contribution in [0.25, 0.3) is 21.0 Å². The standard InChI is InChI=1S/C21H25N3O3S/c1-2-24-17-7-4-3-6-15(17)19-16(21(24)26)14-18(28-19)20(25)22-8-5-9-23-10-12-27-13-11-23/h3-4,6-7,14H,2,5,8-13H2,1H3,(H,22,25). The monoisotopic (exact) mass is 399 g/mol. The smallest absolute Gasteiger partial charge is 0.261 e. The fraction of sp³-hybridized carbons (Fsp3) is 0.429. The van der Waals surface area contributed by atoms with Crippen LogP contribution in [0.1, 0.15) is 23.0 Å². The van der Waals surface area contributed by atoms with Gasteiger partial charge in [-0.1, -0.05) is 18.2 Å². The third-order valence-electron chi connectivity index (χ3n) is 5.23. The maximum absolute atomic E-state index is 12.9. The zero-order chi connectivity index (χ0) is 19.5. The summed E-state index contributed by atoms with van der Waals surface area (Å²) in [6.45, 7) is 7.66. The average Bonchev–Trinajstić information content (AvgIpc) is 3.19. The van der Waals surface area contributed by atoms with Crippen molar-refractivity contribution in [2.75, 3.05) is 39.4 Å². The van der Waals surface area contributed by atoms with Gasteiger partial charge >= 0.3 is 0 Å². The number of nitrogens with zero attached hydrogens (tertiary/aromatic N) is 2. The Morgan fingerprint density at radius 3 is 2.79 bits per heavy atom. The molecule has 0 radical (unpaired) electrons. The van der Waals surface area contributed by atoms with Crippen molar-refractivity contribution < 1.29 is 9.53 Å². The number of morpholine rings is 1. The molecule has 1 saturated heterocycles. The summed E-state index contributed by atoms with van der Waals surface area (Å²) >= 11 is 1.40. The SMILES string of the molecule is CCn1c(=O)c2cc(C(=O)NCCCN3CCOCC3)sc2c2ccccc21. The van der Waals surface area contributed by atoms with Crippen LogP contribution < -0.4 is 10.9 Å². The summed E-state index contributed by atoms with van der Waals surface area (Å²) < 4.78 is 8.01. The van der Waals surface area contributed by atoms with Gasteiger partial charge in [-0.2, -0.15) is 0 Å². The first-order valence-electron chi connectivity index (χ1n) is 9.82. The summed E-state index contributed by atoms with van der Waals surface area (Å²) in [6, 6.07) is 9.64. The highest BCUT2D eigenvalue weighted by molar-refractivity contribution is 7.21. The van der Waals surface area contributed by atoms with Crippen LogP contribution >= 0.6 is 11.3 Å². The first-order valence-corrected chi connectivity index (χ1v) is 10.6. The number of fused-ring (bicyclic) bond motifs is 3. The number of nitrogens with one attached hydrogen (secondary N) is 1. The number of carbonyl (C=O) groups is 1. The highest BCUT2D eigenvalue weighted by Crippen LogP contribution is 2.30. The second-order valence-electron chi connectivity index (χ2n) is 6.98. The first kappa shape index (κ1) is 19.1. The van der Waals surface area contributed by atoms with Gasteiger partial charge in [0.25, 0.3) is 11.5 Å². The van der Waals surface area contributed by atoms with Gasteiger partial charge in [-0.3, -0.25) is 14.5 Å². The van der Waals surface area contributed by atoms with Crippen molar-refractivity contribution in [3.8, 4) is 0 Å². The van der Waals surface area contributed by atoms with Crippen LogP contribution in [0.4, 0.5) is 0 Å². The number of para-hydroxylation sites is 1. The van der Waals surface area contributed by atoms with E-state index in [0.29, 0.717) is 23.4 Å². The van der Waals surface area contributed by atoms with Gasteiger partial charge in [-0.25, -0.2) is 0 Å². The molecule has 28 heavy (non-hydrogen) atoms. The second-order valence-corrected chi connectivity index (χ2v) is 8.04. The third-order valence-corrected chi connectivity index (χ3v) is 6.39. The lowest BCUT2D eigenvalue weighted by Gasteiger charge is -2.26. The molecule has 1 N–H and O–H groups in total. The Balaban J connectivity index is 1.51. The number of carbonyl (C=O) groups excluding carboxylic acids is 1. The number of hydrogen-bond donors (Lipinski definition) is 1. The van der Waals surface area contributed by atoms with E-state index in [1.165, 1.54) is 11.3 Å². The Kier molecular flexibility index (Phi) is 5.75. The normalized spacial score (nSPS) is 15.3. The molecule has 6 nitrogen and oxygen atoms in total. The number of amides is 1. The van der Waals surface area contributed by atoms with E-state index >= 15 is 0 Å². The number of aromatic nitrogens is 1. The minimum absolute atomic E-state index is 0.0289. The van der Waals surface area contributed by atoms with Crippen molar-refractivity contribution in [1.82, 2.24) is 14.8 Å². The Morgan fingerprint density at radius 1 is 1.21 bits per heavy atom. The molecule has 1 aliphatic rings. The van der Waals surface area contributed by atoms with Crippen molar-refractivity contribution in [1.29, 1.82) is 0 Å². The Labute approximate surface area is 167 Å². The molecule has 0 aliphatic carbocycles. The number of pyridine rings is 1. The summed E-state index contributed by atoms with van der Waals surface area (Å²) in [6.07, 6.45) is 0.905. The molecule has 2 aromatic heterocycles. The molecule has 0 bridgehead atoms. The molecule has 3 heterocycles. The van der Waals surface area contributed by atoms with Crippen molar-refractivity contribution in [3.05, 3.63) is 45.6 Å². The Hall–Kier alpha value is -2.22. The van der Waals surface area contributed by atoms with Crippen molar-refractivity contribution in [3.63, 3.8) is 0 Å². The topological polar surface area (TPSA) is 63.6 Å². The van der Waals surface area contributed by atoms with Crippen LogP contribution in [-0.4, -0.2) is 54.8 Å². The lowest BCUT2D eigenvalue weighted by Crippen LogP contribution is -2.38. The van der Waals surface area contributed by atoms with Gasteiger partial charge in [0.2, 0.25) is 0 Å². The fourth-order valence-electron chi connectivity index (χ4n) is 3.75. The van der Waals surface area contributed by atoms with E-state index in [2.05, 4.69) is 10.2 Å². The first-order chi connectivity index (χ1) is 13.7. The van der Waals surface area contributed by atoms with Gasteiger partial charge < -0.3 is 14.6 Å². The number of ether oxygens (including phenoxy) is 1. The molecule has 7 heteroatoms. The quantitative estimate of drug-likeness (QED) is 0.648. The number of thiophene rings is 1. The van der Waals surface area contributed by atoms with E-state index in [0.717, 1.165) is 54.9 Å². The molecule has 3 aromatic rings. The van der Waals surface area contributed by atoms with E-state index in [1.54, 1.807) is 10.6 Å². The fourth-order valence-corrected chi connectivity index (χ4v) is 4.85. The lowest BCUT2D eigenvalue weighted by atomic mass is 10.1. The largest absolute Gasteiger partial charge is 0.379 e. The van der Waals surface area contributed by atoms with Crippen molar-refractivity contribution >= 4 is 38.2 Å². The van der Waals surface area contributed by atoms with E-state index in [9.17, 15) is 9.59 Å². The van der Waals surface area contributed by atoms with E-state index in [-0.39, 0.29) is 11.5 Å². The molecule has 0 atom stereocenters. The van der Waals surface area contributed by atoms with Crippen LogP contribution in [0.15, 0.2) is 35.1 Å². The van der Waals surface area contributed by atoms with Crippen LogP contribution in [0.3, 0.4) is 0 Å². The summed E-state index contributed by atoms with van der Waals surface area (Å²) in [7, 11) is 0. The maximum Gasteiger partial charge on any atom is 0.261 e. The number of hydrogen-bond acceptors (Lipinski definition) is 5. The molecular weight excluding hydrogens is 374 g/mol. The number of rotatable bonds is 6. The van der Waals surface area contributed by atoms with E-state index in [1.807, 2.05) is 31.2 Å². The Morgan fingerprint density at radius 2 is 2.00 bits per heavy atom. The third kappa shape index (κ3) is 3.70. The molecule has 148 valence electrons. The molecule has 1 aliphatic heterocycles. The van der Waals surface area contributed by atoms with Gasteiger partial charge in [0.05, 0.1) is 29.0 Å². The molecule has 0 spiro atoms. The predicted octanol–water partition coefficient (Wildman–Crippen LogP) is 2.69. The molecule has 0 unspecified atom stereocenters. The predicted molar refractivity (Wildman–Crippen MR) is 113 cm³/mol. The molecular formula is C21H25N3O3S. The zero-order valence-corrected chi connectivity index (χ0v) is 16.9. The number of aryl methyl sites for hydroxylation is 1. The summed E-state index contributed by atoms with van der Waals surface area (Å²) in [5, 5.41) is 4.65. The van der Waals surface area contributed by atoms with Crippen LogP contribution in [-0.2, 0) is 11.3 Å². The van der Waals surface area contributed by atoms with Gasteiger partial charge in [0.1, 0.15) is 0 Å². The van der Waals surface area contributed by atoms with Crippen molar-refractivity contribution in [2.24, 2.45) is 0 Å². The van der Waals surface area contributed by atoms with E-state index < -0.39 is 0 Å². The summed E-state index contributed by atoms with van der Waals surface area (Å²) in [4.78, 5) is 28.4. The molecule has 4 rings (SSSR count). The van der Waals surface area contributed by atoms with Gasteiger partial charge in [-0.15, -0.1) is 11.3 Å². The minimum atomic E-state index is -0.102. The number of benzene rings is 1. The molecule has 1 aromatic carbocycles. The zero-order valence-electron chi connectivity index (χ0n) is 16.1. The summed E-state index contributed by atoms with van der Waals surface area (Å²) in [5.41, 5.74) is 0.889. The van der Waals surface area contributed by atoms with Gasteiger partial charge in [0, 0.05) is 36.3 Å². The maximum atomic E-state index is 12.9. The summed E-state index contributed by atoms with van der Waals surface area (Å²) in [5.74, 6) is -0.102. The van der Waals surface area contributed by atoms with Crippen molar-refractivity contribution in [2.45, 2.75) is 19.9 Å². The highest BCUT2D eigenvalue weighted by atomic mass is 32.1. The second kappa shape index (κ2) is 8.43. The van der Waals surface area contributed by atoms with Crippen LogP contribution in [0, 0.1) is 0 Å².